The lowest BCUT2D eigenvalue weighted by Gasteiger charge is -2.25. The zero-order valence-electron chi connectivity index (χ0n) is 14.6. The Hall–Kier alpha value is -2.69. The largest absolute Gasteiger partial charge is 0.351 e. The van der Waals surface area contributed by atoms with E-state index in [1.807, 2.05) is 37.5 Å². The maximum atomic E-state index is 12.6. The van der Waals surface area contributed by atoms with Crippen LogP contribution in [0.2, 0.25) is 0 Å². The number of imidazole rings is 1. The van der Waals surface area contributed by atoms with E-state index in [1.165, 1.54) is 0 Å². The lowest BCUT2D eigenvalue weighted by atomic mass is 9.99. The van der Waals surface area contributed by atoms with Crippen molar-refractivity contribution < 1.29 is 4.79 Å². The molecule has 0 fully saturated rings. The summed E-state index contributed by atoms with van der Waals surface area (Å²) in [6, 6.07) is 8.27. The maximum absolute atomic E-state index is 12.6. The van der Waals surface area contributed by atoms with E-state index in [0.29, 0.717) is 6.42 Å². The standard InChI is InChI=1S/C20H22N4O/c1-13-16-5-3-4-6-18(16)22-14(2)17(13)11-20(25)23-15-7-8-19-21-9-10-24(19)12-15/h3-6,9-10,15H,7-8,11-12H2,1-2H3,(H,23,25)/t15-/m0/s1. The first-order chi connectivity index (χ1) is 12.1. The first-order valence-electron chi connectivity index (χ1n) is 8.76. The molecule has 1 aliphatic rings. The van der Waals surface area contributed by atoms with Gasteiger partial charge in [-0.2, -0.15) is 0 Å². The SMILES string of the molecule is Cc1nc2ccccc2c(C)c1CC(=O)N[C@H]1CCc2nccn2C1. The molecule has 0 unspecified atom stereocenters. The minimum Gasteiger partial charge on any atom is -0.351 e. The van der Waals surface area contributed by atoms with Crippen molar-refractivity contribution in [3.63, 3.8) is 0 Å². The summed E-state index contributed by atoms with van der Waals surface area (Å²) in [6.07, 6.45) is 6.04. The van der Waals surface area contributed by atoms with Crippen LogP contribution in [-0.4, -0.2) is 26.5 Å². The molecule has 5 nitrogen and oxygen atoms in total. The molecule has 25 heavy (non-hydrogen) atoms. The normalized spacial score (nSPS) is 16.6. The van der Waals surface area contributed by atoms with Gasteiger partial charge in [-0.3, -0.25) is 9.78 Å². The molecule has 1 atom stereocenters. The van der Waals surface area contributed by atoms with Crippen molar-refractivity contribution in [2.45, 2.75) is 45.7 Å². The summed E-state index contributed by atoms with van der Waals surface area (Å²) in [4.78, 5) is 21.6. The van der Waals surface area contributed by atoms with E-state index < -0.39 is 0 Å². The smallest absolute Gasteiger partial charge is 0.224 e. The van der Waals surface area contributed by atoms with Crippen LogP contribution in [-0.2, 0) is 24.2 Å². The Kier molecular flexibility index (Phi) is 3.99. The molecular formula is C20H22N4O. The number of hydrogen-bond donors (Lipinski definition) is 1. The first kappa shape index (κ1) is 15.8. The molecule has 4 rings (SSSR count). The molecule has 0 spiro atoms. The summed E-state index contributed by atoms with van der Waals surface area (Å²) in [7, 11) is 0. The van der Waals surface area contributed by atoms with E-state index >= 15 is 0 Å². The molecule has 0 aliphatic carbocycles. The summed E-state index contributed by atoms with van der Waals surface area (Å²) in [5.41, 5.74) is 4.11. The number of benzene rings is 1. The van der Waals surface area contributed by atoms with Gasteiger partial charge in [-0.15, -0.1) is 0 Å². The van der Waals surface area contributed by atoms with Crippen LogP contribution < -0.4 is 5.32 Å². The summed E-state index contributed by atoms with van der Waals surface area (Å²) < 4.78 is 2.13. The monoisotopic (exact) mass is 334 g/mol. The van der Waals surface area contributed by atoms with Gasteiger partial charge in [0.05, 0.1) is 11.9 Å². The Morgan fingerprint density at radius 3 is 3.04 bits per heavy atom. The van der Waals surface area contributed by atoms with Gasteiger partial charge in [-0.05, 0) is 37.5 Å². The van der Waals surface area contributed by atoms with E-state index in [0.717, 1.165) is 52.9 Å². The predicted molar refractivity (Wildman–Crippen MR) is 97.4 cm³/mol. The van der Waals surface area contributed by atoms with Gasteiger partial charge in [0, 0.05) is 42.5 Å². The van der Waals surface area contributed by atoms with E-state index in [2.05, 4.69) is 32.8 Å². The Balaban J connectivity index is 1.51. The Labute approximate surface area is 147 Å². The van der Waals surface area contributed by atoms with Crippen LogP contribution in [0.15, 0.2) is 36.7 Å². The number of nitrogens with zero attached hydrogens (tertiary/aromatic N) is 3. The number of carbonyl (C=O) groups excluding carboxylic acids is 1. The van der Waals surface area contributed by atoms with E-state index in [4.69, 9.17) is 0 Å². The zero-order chi connectivity index (χ0) is 17.4. The van der Waals surface area contributed by atoms with Gasteiger partial charge in [0.1, 0.15) is 5.82 Å². The van der Waals surface area contributed by atoms with Crippen LogP contribution in [0.5, 0.6) is 0 Å². The molecule has 128 valence electrons. The van der Waals surface area contributed by atoms with Crippen LogP contribution in [0.1, 0.15) is 29.1 Å². The van der Waals surface area contributed by atoms with Crippen LogP contribution in [0.4, 0.5) is 0 Å². The number of rotatable bonds is 3. The third kappa shape index (κ3) is 3.02. The van der Waals surface area contributed by atoms with E-state index in [1.54, 1.807) is 0 Å². The highest BCUT2D eigenvalue weighted by molar-refractivity contribution is 5.86. The van der Waals surface area contributed by atoms with Crippen molar-refractivity contribution in [3.05, 3.63) is 59.3 Å². The number of aryl methyl sites for hydroxylation is 3. The molecule has 1 aliphatic heterocycles. The van der Waals surface area contributed by atoms with Gasteiger partial charge in [-0.1, -0.05) is 18.2 Å². The number of para-hydroxylation sites is 1. The summed E-state index contributed by atoms with van der Waals surface area (Å²) in [5, 5.41) is 4.31. The van der Waals surface area contributed by atoms with Gasteiger partial charge < -0.3 is 9.88 Å². The third-order valence-electron chi connectivity index (χ3n) is 5.12. The lowest BCUT2D eigenvalue weighted by Crippen LogP contribution is -2.41. The quantitative estimate of drug-likeness (QED) is 0.801. The fourth-order valence-electron chi connectivity index (χ4n) is 3.75. The number of carbonyl (C=O) groups is 1. The molecule has 5 heteroatoms. The topological polar surface area (TPSA) is 59.8 Å². The summed E-state index contributed by atoms with van der Waals surface area (Å²) >= 11 is 0. The second-order valence-corrected chi connectivity index (χ2v) is 6.79. The van der Waals surface area contributed by atoms with Crippen molar-refractivity contribution in [1.29, 1.82) is 0 Å². The van der Waals surface area contributed by atoms with Crippen molar-refractivity contribution in [2.24, 2.45) is 0 Å². The van der Waals surface area contributed by atoms with Crippen LogP contribution in [0.25, 0.3) is 10.9 Å². The van der Waals surface area contributed by atoms with Crippen molar-refractivity contribution in [2.75, 3.05) is 0 Å². The third-order valence-corrected chi connectivity index (χ3v) is 5.12. The first-order valence-corrected chi connectivity index (χ1v) is 8.76. The van der Waals surface area contributed by atoms with Crippen molar-refractivity contribution in [3.8, 4) is 0 Å². The number of fused-ring (bicyclic) bond motifs is 2. The number of amides is 1. The molecule has 0 saturated heterocycles. The molecule has 3 heterocycles. The Bertz CT molecular complexity index is 944. The summed E-state index contributed by atoms with van der Waals surface area (Å²) in [6.45, 7) is 4.87. The molecule has 0 saturated carbocycles. The highest BCUT2D eigenvalue weighted by atomic mass is 16.1. The van der Waals surface area contributed by atoms with Gasteiger partial charge in [0.2, 0.25) is 5.91 Å². The van der Waals surface area contributed by atoms with Crippen molar-refractivity contribution in [1.82, 2.24) is 19.9 Å². The predicted octanol–water partition coefficient (Wildman–Crippen LogP) is 2.72. The number of nitrogens with one attached hydrogen (secondary N) is 1. The van der Waals surface area contributed by atoms with Crippen molar-refractivity contribution >= 4 is 16.8 Å². The number of pyridine rings is 1. The molecule has 0 bridgehead atoms. The minimum atomic E-state index is 0.0665. The van der Waals surface area contributed by atoms with Gasteiger partial charge >= 0.3 is 0 Å². The number of aromatic nitrogens is 3. The molecule has 1 N–H and O–H groups in total. The molecule has 0 radical (unpaired) electrons. The average Bonchev–Trinajstić information content (AvgIpc) is 3.06. The highest BCUT2D eigenvalue weighted by Gasteiger charge is 2.21. The fraction of sp³-hybridized carbons (Fsp3) is 0.350. The van der Waals surface area contributed by atoms with Crippen LogP contribution in [0, 0.1) is 13.8 Å². The molecule has 1 aromatic carbocycles. The average molecular weight is 334 g/mol. The summed E-state index contributed by atoms with van der Waals surface area (Å²) in [5.74, 6) is 1.17. The zero-order valence-corrected chi connectivity index (χ0v) is 14.6. The minimum absolute atomic E-state index is 0.0665. The fourth-order valence-corrected chi connectivity index (χ4v) is 3.75. The maximum Gasteiger partial charge on any atom is 0.224 e. The van der Waals surface area contributed by atoms with E-state index in [9.17, 15) is 4.79 Å². The van der Waals surface area contributed by atoms with E-state index in [-0.39, 0.29) is 11.9 Å². The van der Waals surface area contributed by atoms with Gasteiger partial charge in [0.25, 0.3) is 0 Å². The van der Waals surface area contributed by atoms with Gasteiger partial charge in [0.15, 0.2) is 0 Å². The molecule has 2 aromatic heterocycles. The van der Waals surface area contributed by atoms with Gasteiger partial charge in [-0.25, -0.2) is 4.98 Å². The highest BCUT2D eigenvalue weighted by Crippen LogP contribution is 2.23. The molecule has 1 amide bonds. The second kappa shape index (κ2) is 6.31. The second-order valence-electron chi connectivity index (χ2n) is 6.79. The lowest BCUT2D eigenvalue weighted by molar-refractivity contribution is -0.121. The molecular weight excluding hydrogens is 312 g/mol. The molecule has 3 aromatic rings. The van der Waals surface area contributed by atoms with Crippen LogP contribution in [0.3, 0.4) is 0 Å². The van der Waals surface area contributed by atoms with Crippen LogP contribution >= 0.6 is 0 Å². The number of hydrogen-bond acceptors (Lipinski definition) is 3. The Morgan fingerprint density at radius 2 is 2.16 bits per heavy atom. The Morgan fingerprint density at radius 1 is 1.32 bits per heavy atom.